The molecule has 1 aromatic heterocycles. The molecule has 0 aliphatic rings. The van der Waals surface area contributed by atoms with Crippen molar-refractivity contribution in [3.8, 4) is 0 Å². The SMILES string of the molecule is CCOC(=O)c1n[nH]n(/N=C\c2ccc(F)cc2)c1=O. The van der Waals surface area contributed by atoms with E-state index in [1.54, 1.807) is 6.92 Å². The van der Waals surface area contributed by atoms with Crippen molar-refractivity contribution in [1.29, 1.82) is 0 Å². The Labute approximate surface area is 112 Å². The molecule has 1 N–H and O–H groups in total. The summed E-state index contributed by atoms with van der Waals surface area (Å²) in [5, 5.41) is 9.61. The molecule has 7 nitrogen and oxygen atoms in total. The Morgan fingerprint density at radius 2 is 2.20 bits per heavy atom. The van der Waals surface area contributed by atoms with Crippen molar-refractivity contribution in [3.05, 3.63) is 51.7 Å². The summed E-state index contributed by atoms with van der Waals surface area (Å²) in [6.45, 7) is 1.76. The first-order chi connectivity index (χ1) is 9.61. The second-order valence-electron chi connectivity index (χ2n) is 3.69. The van der Waals surface area contributed by atoms with Crippen molar-refractivity contribution in [3.63, 3.8) is 0 Å². The topological polar surface area (TPSA) is 89.3 Å². The van der Waals surface area contributed by atoms with Gasteiger partial charge in [0.15, 0.2) is 0 Å². The van der Waals surface area contributed by atoms with E-state index in [2.05, 4.69) is 20.2 Å². The highest BCUT2D eigenvalue weighted by molar-refractivity contribution is 5.86. The van der Waals surface area contributed by atoms with E-state index in [9.17, 15) is 14.0 Å². The van der Waals surface area contributed by atoms with Crippen LogP contribution in [0, 0.1) is 5.82 Å². The third-order valence-electron chi connectivity index (χ3n) is 2.31. The smallest absolute Gasteiger partial charge is 0.364 e. The van der Waals surface area contributed by atoms with E-state index >= 15 is 0 Å². The highest BCUT2D eigenvalue weighted by Gasteiger charge is 2.17. The summed E-state index contributed by atoms with van der Waals surface area (Å²) in [5.41, 5.74) is -0.504. The van der Waals surface area contributed by atoms with Gasteiger partial charge in [-0.2, -0.15) is 10.3 Å². The fourth-order valence-electron chi connectivity index (χ4n) is 1.37. The van der Waals surface area contributed by atoms with Crippen molar-refractivity contribution >= 4 is 12.2 Å². The molecule has 1 aromatic carbocycles. The summed E-state index contributed by atoms with van der Waals surface area (Å²) >= 11 is 0. The van der Waals surface area contributed by atoms with Crippen molar-refractivity contribution in [1.82, 2.24) is 15.1 Å². The molecule has 0 aliphatic carbocycles. The maximum Gasteiger partial charge on any atom is 0.364 e. The van der Waals surface area contributed by atoms with Gasteiger partial charge in [-0.3, -0.25) is 4.79 Å². The van der Waals surface area contributed by atoms with E-state index in [0.717, 1.165) is 4.79 Å². The number of carbonyl (C=O) groups is 1. The van der Waals surface area contributed by atoms with E-state index in [1.807, 2.05) is 0 Å². The number of ether oxygens (including phenoxy) is 1. The summed E-state index contributed by atoms with van der Waals surface area (Å²) in [6.07, 6.45) is 1.33. The molecule has 0 unspecified atom stereocenters. The molecular weight excluding hydrogens is 267 g/mol. The maximum absolute atomic E-state index is 12.7. The Morgan fingerprint density at radius 1 is 1.50 bits per heavy atom. The molecule has 1 heterocycles. The van der Waals surface area contributed by atoms with Gasteiger partial charge in [0.25, 0.3) is 0 Å². The molecule has 0 aliphatic heterocycles. The van der Waals surface area contributed by atoms with E-state index in [4.69, 9.17) is 0 Å². The van der Waals surface area contributed by atoms with Crippen LogP contribution in [0.3, 0.4) is 0 Å². The predicted molar refractivity (Wildman–Crippen MR) is 68.2 cm³/mol. The average molecular weight is 278 g/mol. The highest BCUT2D eigenvalue weighted by Crippen LogP contribution is 1.99. The molecule has 0 amide bonds. The van der Waals surface area contributed by atoms with Gasteiger partial charge in [-0.25, -0.2) is 9.18 Å². The zero-order chi connectivity index (χ0) is 14.5. The lowest BCUT2D eigenvalue weighted by Crippen LogP contribution is -2.20. The molecule has 0 spiro atoms. The normalized spacial score (nSPS) is 10.9. The molecule has 2 rings (SSSR count). The number of nitrogens with zero attached hydrogens (tertiary/aromatic N) is 3. The Bertz CT molecular complexity index is 687. The first kappa shape index (κ1) is 13.7. The molecule has 0 saturated carbocycles. The van der Waals surface area contributed by atoms with E-state index in [0.29, 0.717) is 5.56 Å². The van der Waals surface area contributed by atoms with Crippen LogP contribution < -0.4 is 5.56 Å². The van der Waals surface area contributed by atoms with Crippen LogP contribution in [0.1, 0.15) is 23.0 Å². The maximum atomic E-state index is 12.7. The second-order valence-corrected chi connectivity index (χ2v) is 3.69. The lowest BCUT2D eigenvalue weighted by Gasteiger charge is -1.94. The number of hydrogen-bond donors (Lipinski definition) is 1. The van der Waals surface area contributed by atoms with Gasteiger partial charge in [0, 0.05) is 0 Å². The Balaban J connectivity index is 2.20. The van der Waals surface area contributed by atoms with Crippen LogP contribution in [-0.4, -0.2) is 33.9 Å². The molecule has 0 saturated heterocycles. The average Bonchev–Trinajstić information content (AvgIpc) is 2.80. The predicted octanol–water partition coefficient (Wildman–Crippen LogP) is 0.769. The minimum absolute atomic E-state index is 0.143. The van der Waals surface area contributed by atoms with Gasteiger partial charge >= 0.3 is 11.5 Å². The molecule has 8 heteroatoms. The number of aromatic amines is 1. The number of H-pyrrole nitrogens is 1. The monoisotopic (exact) mass is 278 g/mol. The van der Waals surface area contributed by atoms with Gasteiger partial charge in [0.2, 0.25) is 5.69 Å². The minimum atomic E-state index is -0.815. The second kappa shape index (κ2) is 5.91. The summed E-state index contributed by atoms with van der Waals surface area (Å²) < 4.78 is 17.4. The van der Waals surface area contributed by atoms with Gasteiger partial charge in [0.05, 0.1) is 12.8 Å². The fraction of sp³-hybridized carbons (Fsp3) is 0.167. The summed E-state index contributed by atoms with van der Waals surface area (Å²) in [6, 6.07) is 5.52. The van der Waals surface area contributed by atoms with Crippen LogP contribution in [0.2, 0.25) is 0 Å². The number of benzene rings is 1. The third kappa shape index (κ3) is 2.97. The number of carbonyl (C=O) groups excluding carboxylic acids is 1. The molecule has 0 atom stereocenters. The first-order valence-corrected chi connectivity index (χ1v) is 5.76. The van der Waals surface area contributed by atoms with Crippen molar-refractivity contribution in [2.24, 2.45) is 5.10 Å². The van der Waals surface area contributed by atoms with Crippen molar-refractivity contribution < 1.29 is 13.9 Å². The highest BCUT2D eigenvalue weighted by atomic mass is 19.1. The fourth-order valence-corrected chi connectivity index (χ4v) is 1.37. The molecule has 104 valence electrons. The Hall–Kier alpha value is -2.77. The molecular formula is C12H11FN4O3. The standard InChI is InChI=1S/C12H11FN4O3/c1-2-20-12(19)10-11(18)17(16-15-10)14-7-8-3-5-9(13)6-4-8/h3-7,16H,2H2,1H3/b14-7-. The van der Waals surface area contributed by atoms with E-state index < -0.39 is 11.5 Å². The Kier molecular flexibility index (Phi) is 4.04. The zero-order valence-corrected chi connectivity index (χ0v) is 10.5. The van der Waals surface area contributed by atoms with Gasteiger partial charge in [0.1, 0.15) is 5.82 Å². The lowest BCUT2D eigenvalue weighted by molar-refractivity contribution is 0.0517. The zero-order valence-electron chi connectivity index (χ0n) is 10.5. The number of hydrogen-bond acceptors (Lipinski definition) is 5. The molecule has 0 bridgehead atoms. The van der Waals surface area contributed by atoms with Crippen LogP contribution in [0.4, 0.5) is 4.39 Å². The summed E-state index contributed by atoms with van der Waals surface area (Å²) in [5.74, 6) is -1.19. The quantitative estimate of drug-likeness (QED) is 0.660. The molecule has 0 radical (unpaired) electrons. The molecule has 0 fully saturated rings. The van der Waals surface area contributed by atoms with Gasteiger partial charge < -0.3 is 4.74 Å². The van der Waals surface area contributed by atoms with Crippen molar-refractivity contribution in [2.45, 2.75) is 6.92 Å². The first-order valence-electron chi connectivity index (χ1n) is 5.76. The largest absolute Gasteiger partial charge is 0.461 e. The Morgan fingerprint density at radius 3 is 2.85 bits per heavy atom. The third-order valence-corrected chi connectivity index (χ3v) is 2.31. The number of esters is 1. The van der Waals surface area contributed by atoms with Gasteiger partial charge in [-0.15, -0.1) is 9.89 Å². The lowest BCUT2D eigenvalue weighted by atomic mass is 10.2. The van der Waals surface area contributed by atoms with Crippen LogP contribution in [0.15, 0.2) is 34.2 Å². The summed E-state index contributed by atoms with van der Waals surface area (Å²) in [7, 11) is 0. The summed E-state index contributed by atoms with van der Waals surface area (Å²) in [4.78, 5) is 23.9. The van der Waals surface area contributed by atoms with Gasteiger partial charge in [-0.1, -0.05) is 12.1 Å². The molecule has 2 aromatic rings. The van der Waals surface area contributed by atoms with Crippen molar-refractivity contribution in [2.75, 3.05) is 6.61 Å². The van der Waals surface area contributed by atoms with Crippen LogP contribution in [0.5, 0.6) is 0 Å². The minimum Gasteiger partial charge on any atom is -0.461 e. The van der Waals surface area contributed by atoms with E-state index in [-0.39, 0.29) is 18.1 Å². The van der Waals surface area contributed by atoms with E-state index in [1.165, 1.54) is 30.5 Å². The number of aromatic nitrogens is 3. The molecule has 20 heavy (non-hydrogen) atoms. The number of halogens is 1. The number of nitrogens with one attached hydrogen (secondary N) is 1. The number of rotatable bonds is 4. The van der Waals surface area contributed by atoms with Gasteiger partial charge in [-0.05, 0) is 24.6 Å². The van der Waals surface area contributed by atoms with Crippen LogP contribution in [0.25, 0.3) is 0 Å². The van der Waals surface area contributed by atoms with Crippen LogP contribution >= 0.6 is 0 Å². The van der Waals surface area contributed by atoms with Crippen LogP contribution in [-0.2, 0) is 4.74 Å².